The zero-order valence-corrected chi connectivity index (χ0v) is 15.4. The average molecular weight is 329 g/mol. The molecule has 1 aliphatic carbocycles. The van der Waals surface area contributed by atoms with Crippen molar-refractivity contribution in [1.29, 1.82) is 0 Å². The number of benzene rings is 1. The fourth-order valence-corrected chi connectivity index (χ4v) is 4.12. The van der Waals surface area contributed by atoms with E-state index in [0.29, 0.717) is 6.04 Å². The highest BCUT2D eigenvalue weighted by atomic mass is 15.3. The molecule has 1 atom stereocenters. The van der Waals surface area contributed by atoms with Gasteiger partial charge < -0.3 is 10.6 Å². The van der Waals surface area contributed by atoms with Gasteiger partial charge in [-0.25, -0.2) is 0 Å². The highest BCUT2D eigenvalue weighted by molar-refractivity contribution is 5.80. The lowest BCUT2D eigenvalue weighted by atomic mass is 10.1. The van der Waals surface area contributed by atoms with Crippen LogP contribution < -0.4 is 10.6 Å². The quantitative estimate of drug-likeness (QED) is 0.659. The molecule has 0 bridgehead atoms. The molecular formula is C20H32N4. The largest absolute Gasteiger partial charge is 0.352 e. The van der Waals surface area contributed by atoms with E-state index in [1.165, 1.54) is 55.3 Å². The highest BCUT2D eigenvalue weighted by Crippen LogP contribution is 2.26. The van der Waals surface area contributed by atoms with Gasteiger partial charge in [0.15, 0.2) is 5.96 Å². The minimum atomic E-state index is 0.524. The van der Waals surface area contributed by atoms with Gasteiger partial charge in [0.25, 0.3) is 0 Å². The normalized spacial score (nSPS) is 23.0. The zero-order valence-electron chi connectivity index (χ0n) is 15.4. The topological polar surface area (TPSA) is 39.7 Å². The summed E-state index contributed by atoms with van der Waals surface area (Å²) < 4.78 is 0. The molecule has 132 valence electrons. The molecule has 0 radical (unpaired) electrons. The molecule has 2 aliphatic rings. The van der Waals surface area contributed by atoms with Crippen molar-refractivity contribution in [3.63, 3.8) is 0 Å². The van der Waals surface area contributed by atoms with Crippen LogP contribution in [0.1, 0.15) is 48.8 Å². The molecule has 1 aromatic carbocycles. The van der Waals surface area contributed by atoms with Crippen LogP contribution in [0.15, 0.2) is 23.2 Å². The summed E-state index contributed by atoms with van der Waals surface area (Å²) in [5.74, 6) is 0.924. The summed E-state index contributed by atoms with van der Waals surface area (Å²) in [6.45, 7) is 7.54. The predicted octanol–water partition coefficient (Wildman–Crippen LogP) is 2.99. The molecule has 4 heteroatoms. The van der Waals surface area contributed by atoms with Gasteiger partial charge in [0.05, 0.1) is 0 Å². The lowest BCUT2D eigenvalue weighted by Crippen LogP contribution is -2.45. The number of aryl methyl sites for hydroxylation is 2. The van der Waals surface area contributed by atoms with E-state index in [1.54, 1.807) is 0 Å². The lowest BCUT2D eigenvalue weighted by Gasteiger charge is -2.24. The van der Waals surface area contributed by atoms with Crippen LogP contribution in [-0.4, -0.2) is 43.1 Å². The second-order valence-corrected chi connectivity index (χ2v) is 7.42. The lowest BCUT2D eigenvalue weighted by molar-refractivity contribution is 0.242. The Kier molecular flexibility index (Phi) is 5.77. The van der Waals surface area contributed by atoms with Crippen molar-refractivity contribution in [2.45, 2.75) is 64.6 Å². The molecule has 1 saturated carbocycles. The number of rotatable bonds is 4. The van der Waals surface area contributed by atoms with E-state index in [-0.39, 0.29) is 0 Å². The molecule has 3 rings (SSSR count). The first-order valence-electron chi connectivity index (χ1n) is 9.43. The van der Waals surface area contributed by atoms with E-state index < -0.39 is 0 Å². The van der Waals surface area contributed by atoms with Crippen LogP contribution >= 0.6 is 0 Å². The van der Waals surface area contributed by atoms with Crippen LogP contribution in [0.25, 0.3) is 0 Å². The number of nitrogens with zero attached hydrogens (tertiary/aromatic N) is 2. The average Bonchev–Trinajstić information content (AvgIpc) is 3.24. The summed E-state index contributed by atoms with van der Waals surface area (Å²) in [4.78, 5) is 7.09. The van der Waals surface area contributed by atoms with Gasteiger partial charge in [0.2, 0.25) is 0 Å². The van der Waals surface area contributed by atoms with Gasteiger partial charge in [-0.1, -0.05) is 36.6 Å². The fourth-order valence-electron chi connectivity index (χ4n) is 4.12. The van der Waals surface area contributed by atoms with Gasteiger partial charge in [-0.3, -0.25) is 9.89 Å². The summed E-state index contributed by atoms with van der Waals surface area (Å²) in [6, 6.07) is 7.99. The first-order chi connectivity index (χ1) is 11.7. The predicted molar refractivity (Wildman–Crippen MR) is 101 cm³/mol. The standard InChI is InChI=1S/C20H32N4/c1-15-8-9-17(16(2)12-15)13-22-20(21-3)23-18-10-11-24(14-18)19-6-4-5-7-19/h8-9,12,18-19H,4-7,10-11,13-14H2,1-3H3,(H2,21,22,23). The summed E-state index contributed by atoms with van der Waals surface area (Å²) in [7, 11) is 1.86. The van der Waals surface area contributed by atoms with Gasteiger partial charge in [0, 0.05) is 38.8 Å². The number of guanidine groups is 1. The Morgan fingerprint density at radius 1 is 1.21 bits per heavy atom. The SMILES string of the molecule is CN=C(NCc1ccc(C)cc1C)NC1CCN(C2CCCC2)C1. The van der Waals surface area contributed by atoms with E-state index in [4.69, 9.17) is 0 Å². The summed E-state index contributed by atoms with van der Waals surface area (Å²) >= 11 is 0. The summed E-state index contributed by atoms with van der Waals surface area (Å²) in [5, 5.41) is 7.10. The second-order valence-electron chi connectivity index (χ2n) is 7.42. The molecule has 4 nitrogen and oxygen atoms in total. The van der Waals surface area contributed by atoms with E-state index in [1.807, 2.05) is 7.05 Å². The van der Waals surface area contributed by atoms with Crippen molar-refractivity contribution in [3.05, 3.63) is 34.9 Å². The Bertz CT molecular complexity index is 575. The second kappa shape index (κ2) is 8.02. The Morgan fingerprint density at radius 3 is 2.71 bits per heavy atom. The van der Waals surface area contributed by atoms with Crippen LogP contribution in [0.2, 0.25) is 0 Å². The summed E-state index contributed by atoms with van der Waals surface area (Å²) in [6.07, 6.45) is 6.84. The molecule has 1 saturated heterocycles. The van der Waals surface area contributed by atoms with Crippen molar-refractivity contribution in [3.8, 4) is 0 Å². The Labute approximate surface area is 146 Å². The minimum Gasteiger partial charge on any atom is -0.352 e. The molecule has 2 fully saturated rings. The van der Waals surface area contributed by atoms with E-state index >= 15 is 0 Å². The van der Waals surface area contributed by atoms with E-state index in [9.17, 15) is 0 Å². The number of hydrogen-bond donors (Lipinski definition) is 2. The smallest absolute Gasteiger partial charge is 0.191 e. The molecule has 24 heavy (non-hydrogen) atoms. The first-order valence-corrected chi connectivity index (χ1v) is 9.43. The van der Waals surface area contributed by atoms with Crippen LogP contribution in [0.3, 0.4) is 0 Å². The molecule has 0 aromatic heterocycles. The maximum atomic E-state index is 4.41. The van der Waals surface area contributed by atoms with Crippen molar-refractivity contribution < 1.29 is 0 Å². The molecule has 1 aromatic rings. The van der Waals surface area contributed by atoms with E-state index in [0.717, 1.165) is 25.1 Å². The third-order valence-corrected chi connectivity index (χ3v) is 5.57. The van der Waals surface area contributed by atoms with Gasteiger partial charge in [-0.05, 0) is 44.2 Å². The van der Waals surface area contributed by atoms with Crippen molar-refractivity contribution in [2.24, 2.45) is 4.99 Å². The molecule has 1 unspecified atom stereocenters. The van der Waals surface area contributed by atoms with Crippen molar-refractivity contribution in [2.75, 3.05) is 20.1 Å². The maximum absolute atomic E-state index is 4.41. The molecule has 1 heterocycles. The van der Waals surface area contributed by atoms with Crippen molar-refractivity contribution in [1.82, 2.24) is 15.5 Å². The molecule has 0 spiro atoms. The highest BCUT2D eigenvalue weighted by Gasteiger charge is 2.30. The zero-order chi connectivity index (χ0) is 16.9. The van der Waals surface area contributed by atoms with Crippen molar-refractivity contribution >= 4 is 5.96 Å². The maximum Gasteiger partial charge on any atom is 0.191 e. The van der Waals surface area contributed by atoms with Gasteiger partial charge in [-0.15, -0.1) is 0 Å². The first kappa shape index (κ1) is 17.3. The number of nitrogens with one attached hydrogen (secondary N) is 2. The Morgan fingerprint density at radius 2 is 2.00 bits per heavy atom. The Hall–Kier alpha value is -1.55. The minimum absolute atomic E-state index is 0.524. The van der Waals surface area contributed by atoms with Gasteiger partial charge in [-0.2, -0.15) is 0 Å². The van der Waals surface area contributed by atoms with Crippen LogP contribution in [0, 0.1) is 13.8 Å². The third-order valence-electron chi connectivity index (χ3n) is 5.57. The molecular weight excluding hydrogens is 296 g/mol. The van der Waals surface area contributed by atoms with Crippen LogP contribution in [0.4, 0.5) is 0 Å². The van der Waals surface area contributed by atoms with Crippen LogP contribution in [0.5, 0.6) is 0 Å². The molecule has 1 aliphatic heterocycles. The van der Waals surface area contributed by atoms with E-state index in [2.05, 4.69) is 52.6 Å². The number of likely N-dealkylation sites (tertiary alicyclic amines) is 1. The molecule has 2 N–H and O–H groups in total. The number of hydrogen-bond acceptors (Lipinski definition) is 2. The monoisotopic (exact) mass is 328 g/mol. The number of aliphatic imine (C=N–C) groups is 1. The Balaban J connectivity index is 1.48. The van der Waals surface area contributed by atoms with Gasteiger partial charge in [0.1, 0.15) is 0 Å². The fraction of sp³-hybridized carbons (Fsp3) is 0.650. The molecule has 0 amide bonds. The third kappa shape index (κ3) is 4.29. The van der Waals surface area contributed by atoms with Gasteiger partial charge >= 0.3 is 0 Å². The summed E-state index contributed by atoms with van der Waals surface area (Å²) in [5.41, 5.74) is 3.99. The van der Waals surface area contributed by atoms with Crippen LogP contribution in [-0.2, 0) is 6.54 Å².